The van der Waals surface area contributed by atoms with Gasteiger partial charge in [-0.3, -0.25) is 0 Å². The number of ether oxygens (including phenoxy) is 1. The highest BCUT2D eigenvalue weighted by molar-refractivity contribution is 9.10. The Morgan fingerprint density at radius 1 is 1.17 bits per heavy atom. The molecule has 0 amide bonds. The number of piperidine rings is 2. The van der Waals surface area contributed by atoms with Gasteiger partial charge >= 0.3 is 0 Å². The first-order valence-electron chi connectivity index (χ1n) is 12.3. The van der Waals surface area contributed by atoms with Crippen molar-refractivity contribution in [2.24, 2.45) is 0 Å². The lowest BCUT2D eigenvalue weighted by atomic mass is 10.1. The second-order valence-corrected chi connectivity index (χ2v) is 10.3. The number of phenols is 1. The fourth-order valence-corrected chi connectivity index (χ4v) is 4.98. The van der Waals surface area contributed by atoms with Crippen LogP contribution in [-0.4, -0.2) is 70.2 Å². The number of likely N-dealkylation sites (tertiary alicyclic amines) is 1. The average Bonchev–Trinajstić information content (AvgIpc) is 2.89. The summed E-state index contributed by atoms with van der Waals surface area (Å²) in [5.74, 6) is 0.956. The molecule has 5 rings (SSSR count). The van der Waals surface area contributed by atoms with Crippen molar-refractivity contribution in [1.29, 1.82) is 0 Å². The van der Waals surface area contributed by atoms with Crippen LogP contribution in [0.3, 0.4) is 0 Å². The summed E-state index contributed by atoms with van der Waals surface area (Å²) in [5, 5.41) is 17.9. The molecule has 2 aliphatic rings. The molecular formula is C25H31BrN7O3+. The third-order valence-corrected chi connectivity index (χ3v) is 7.41. The van der Waals surface area contributed by atoms with Gasteiger partial charge in [0.05, 0.1) is 22.7 Å². The highest BCUT2D eigenvalue weighted by Crippen LogP contribution is 2.34. The van der Waals surface area contributed by atoms with Crippen LogP contribution >= 0.6 is 15.9 Å². The van der Waals surface area contributed by atoms with E-state index in [0.717, 1.165) is 66.6 Å². The standard InChI is InChI=1S/C25H30BrN7O3/c1-32-12-8-16(9-13-32)31-33(35)17-2-4-21(22(34)14-17)29-25-28-15-19-20(26)3-5-23(24(19)30-25)36-18-6-10-27-11-7-18/h2-5,14-16,18,27H,6-13H2,1H3,(H2-,28,29,30,31,34,35)/p+1. The van der Waals surface area contributed by atoms with Gasteiger partial charge in [-0.2, -0.15) is 0 Å². The maximum Gasteiger partial charge on any atom is 0.295 e. The lowest BCUT2D eigenvalue weighted by molar-refractivity contribution is -0.536. The molecule has 2 saturated heterocycles. The summed E-state index contributed by atoms with van der Waals surface area (Å²) in [7, 11) is 2.08. The highest BCUT2D eigenvalue weighted by Gasteiger charge is 2.25. The van der Waals surface area contributed by atoms with Gasteiger partial charge in [-0.25, -0.2) is 9.97 Å². The number of benzene rings is 2. The van der Waals surface area contributed by atoms with Crippen molar-refractivity contribution in [3.05, 3.63) is 45.9 Å². The fourth-order valence-electron chi connectivity index (χ4n) is 4.56. The molecule has 0 spiro atoms. The topological polar surface area (TPSA) is 115 Å². The molecule has 0 saturated carbocycles. The largest absolute Gasteiger partial charge is 0.506 e. The summed E-state index contributed by atoms with van der Waals surface area (Å²) < 4.78 is 7.16. The molecule has 1 aromatic heterocycles. The molecule has 2 fully saturated rings. The molecule has 0 bridgehead atoms. The van der Waals surface area contributed by atoms with Gasteiger partial charge in [-0.1, -0.05) is 15.9 Å². The Labute approximate surface area is 218 Å². The number of anilines is 2. The fraction of sp³-hybridized carbons (Fsp3) is 0.440. The Kier molecular flexibility index (Phi) is 7.49. The molecule has 0 unspecified atom stereocenters. The predicted octanol–water partition coefficient (Wildman–Crippen LogP) is 3.98. The van der Waals surface area contributed by atoms with Crippen LogP contribution in [0, 0.1) is 4.91 Å². The molecule has 3 aromatic rings. The first kappa shape index (κ1) is 24.7. The average molecular weight is 557 g/mol. The number of fused-ring (bicyclic) bond motifs is 1. The molecule has 3 heterocycles. The van der Waals surface area contributed by atoms with Gasteiger partial charge in [0.2, 0.25) is 5.95 Å². The van der Waals surface area contributed by atoms with Crippen molar-refractivity contribution >= 4 is 44.2 Å². The van der Waals surface area contributed by atoms with Crippen LogP contribution in [0.2, 0.25) is 0 Å². The van der Waals surface area contributed by atoms with Crippen molar-refractivity contribution in [3.8, 4) is 11.5 Å². The summed E-state index contributed by atoms with van der Waals surface area (Å²) in [6, 6.07) is 8.70. The van der Waals surface area contributed by atoms with Crippen LogP contribution in [0.1, 0.15) is 25.7 Å². The Bertz CT molecular complexity index is 1240. The quantitative estimate of drug-likeness (QED) is 0.195. The number of nitrogens with zero attached hydrogens (tertiary/aromatic N) is 4. The number of hydrazine groups is 1. The summed E-state index contributed by atoms with van der Waals surface area (Å²) in [6.45, 7) is 3.77. The number of halogens is 1. The minimum Gasteiger partial charge on any atom is -0.506 e. The number of hydrogen-bond donors (Lipinski definition) is 4. The van der Waals surface area contributed by atoms with Crippen molar-refractivity contribution in [1.82, 2.24) is 25.6 Å². The third-order valence-electron chi connectivity index (χ3n) is 6.72. The zero-order chi connectivity index (χ0) is 25.1. The molecule has 11 heteroatoms. The first-order chi connectivity index (χ1) is 17.5. The summed E-state index contributed by atoms with van der Waals surface area (Å²) in [5.41, 5.74) is 4.41. The smallest absolute Gasteiger partial charge is 0.295 e. The number of phenolic OH excluding ortho intramolecular Hbond substituents is 1. The zero-order valence-corrected chi connectivity index (χ0v) is 21.8. The SMILES string of the molecule is CN1CCC(N[N+](=O)c2ccc(Nc3ncc4c(Br)ccc(OC5CCNCC5)c4n3)c(O)c2)CC1. The van der Waals surface area contributed by atoms with E-state index in [-0.39, 0.29) is 17.9 Å². The van der Waals surface area contributed by atoms with E-state index in [4.69, 9.17) is 4.74 Å². The molecular weight excluding hydrogens is 526 g/mol. The molecule has 190 valence electrons. The maximum atomic E-state index is 12.6. The summed E-state index contributed by atoms with van der Waals surface area (Å²) >= 11 is 3.57. The second kappa shape index (κ2) is 10.9. The van der Waals surface area contributed by atoms with E-state index in [1.54, 1.807) is 18.3 Å². The third kappa shape index (κ3) is 5.69. The Morgan fingerprint density at radius 2 is 1.94 bits per heavy atom. The lowest BCUT2D eigenvalue weighted by Crippen LogP contribution is -2.43. The summed E-state index contributed by atoms with van der Waals surface area (Å²) in [6.07, 6.45) is 5.55. The van der Waals surface area contributed by atoms with Gasteiger partial charge < -0.3 is 25.4 Å². The number of aromatic hydroxyl groups is 1. The number of aromatic nitrogens is 2. The van der Waals surface area contributed by atoms with Crippen LogP contribution in [0.5, 0.6) is 11.5 Å². The normalized spacial score (nSPS) is 17.7. The van der Waals surface area contributed by atoms with Crippen molar-refractivity contribution < 1.29 is 14.7 Å². The monoisotopic (exact) mass is 556 g/mol. The van der Waals surface area contributed by atoms with E-state index >= 15 is 0 Å². The minimum absolute atomic E-state index is 0.0670. The molecule has 2 aliphatic heterocycles. The van der Waals surface area contributed by atoms with Crippen LogP contribution in [0.25, 0.3) is 10.9 Å². The van der Waals surface area contributed by atoms with Crippen LogP contribution in [0.4, 0.5) is 17.3 Å². The Morgan fingerprint density at radius 3 is 2.69 bits per heavy atom. The Hall–Kier alpha value is -3.02. The highest BCUT2D eigenvalue weighted by atomic mass is 79.9. The van der Waals surface area contributed by atoms with Crippen molar-refractivity contribution in [2.45, 2.75) is 37.8 Å². The lowest BCUT2D eigenvalue weighted by Gasteiger charge is -2.26. The number of nitrogens with one attached hydrogen (secondary N) is 3. The van der Waals surface area contributed by atoms with Gasteiger partial charge in [0.25, 0.3) is 5.69 Å². The minimum atomic E-state index is -0.0670. The number of nitroso groups, excluding NO2 is 1. The van der Waals surface area contributed by atoms with Crippen LogP contribution in [0.15, 0.2) is 41.0 Å². The maximum absolute atomic E-state index is 12.6. The molecule has 10 nitrogen and oxygen atoms in total. The number of rotatable bonds is 7. The molecule has 0 aliphatic carbocycles. The molecule has 0 radical (unpaired) electrons. The Balaban J connectivity index is 1.32. The summed E-state index contributed by atoms with van der Waals surface area (Å²) in [4.78, 5) is 24.7. The second-order valence-electron chi connectivity index (χ2n) is 9.40. The zero-order valence-electron chi connectivity index (χ0n) is 20.2. The van der Waals surface area contributed by atoms with E-state index in [1.165, 1.54) is 6.07 Å². The molecule has 0 atom stereocenters. The molecule has 2 aromatic carbocycles. The van der Waals surface area contributed by atoms with E-state index < -0.39 is 0 Å². The van der Waals surface area contributed by atoms with Gasteiger partial charge in [0, 0.05) is 22.1 Å². The van der Waals surface area contributed by atoms with Crippen molar-refractivity contribution in [3.63, 3.8) is 0 Å². The number of hydrogen-bond acceptors (Lipinski definition) is 8. The first-order valence-corrected chi connectivity index (χ1v) is 13.1. The van der Waals surface area contributed by atoms with E-state index in [0.29, 0.717) is 28.6 Å². The molecule has 4 N–H and O–H groups in total. The van der Waals surface area contributed by atoms with E-state index in [9.17, 15) is 10.0 Å². The van der Waals surface area contributed by atoms with Gasteiger partial charge in [0.15, 0.2) is 4.87 Å². The predicted molar refractivity (Wildman–Crippen MR) is 142 cm³/mol. The van der Waals surface area contributed by atoms with Crippen molar-refractivity contribution in [2.75, 3.05) is 38.5 Å². The van der Waals surface area contributed by atoms with E-state index in [1.807, 2.05) is 12.1 Å². The van der Waals surface area contributed by atoms with Gasteiger partial charge in [-0.05, 0) is 77.1 Å². The molecule has 36 heavy (non-hydrogen) atoms. The van der Waals surface area contributed by atoms with Crippen LogP contribution < -0.4 is 20.8 Å². The van der Waals surface area contributed by atoms with Gasteiger partial charge in [-0.15, -0.1) is 5.43 Å². The van der Waals surface area contributed by atoms with Crippen LogP contribution in [-0.2, 0) is 0 Å². The van der Waals surface area contributed by atoms with E-state index in [2.05, 4.69) is 53.9 Å². The van der Waals surface area contributed by atoms with Gasteiger partial charge in [0.1, 0.15) is 23.1 Å².